The molecule has 8 heteroatoms. The van der Waals surface area contributed by atoms with E-state index in [1.807, 2.05) is 48.5 Å². The number of hydrogen-bond acceptors (Lipinski definition) is 5. The zero-order valence-corrected chi connectivity index (χ0v) is 20.4. The molecule has 0 saturated heterocycles. The van der Waals surface area contributed by atoms with Crippen LogP contribution in [0.2, 0.25) is 0 Å². The minimum atomic E-state index is -1.40. The quantitative estimate of drug-likeness (QED) is 0.474. The van der Waals surface area contributed by atoms with E-state index in [9.17, 15) is 18.9 Å². The minimum Gasteiger partial charge on any atom is -0.493 e. The fraction of sp³-hybridized carbons (Fsp3) is 0.259. The van der Waals surface area contributed by atoms with Crippen molar-refractivity contribution in [1.29, 1.82) is 0 Å². The van der Waals surface area contributed by atoms with E-state index in [2.05, 4.69) is 5.32 Å². The van der Waals surface area contributed by atoms with Crippen molar-refractivity contribution in [2.24, 2.45) is 0 Å². The summed E-state index contributed by atoms with van der Waals surface area (Å²) in [5.41, 5.74) is 1.71. The number of carbonyl (C=O) groups excluding carboxylic acids is 1. The lowest BCUT2D eigenvalue weighted by Gasteiger charge is -2.25. The lowest BCUT2D eigenvalue weighted by atomic mass is 9.95. The summed E-state index contributed by atoms with van der Waals surface area (Å²) in [5, 5.41) is 12.7. The summed E-state index contributed by atoms with van der Waals surface area (Å²) in [5.74, 6) is -0.714. The number of aliphatic carboxylic acids is 1. The van der Waals surface area contributed by atoms with Crippen LogP contribution in [0, 0.1) is 0 Å². The maximum Gasteiger partial charge on any atom is 0.330 e. The molecule has 1 atom stereocenters. The summed E-state index contributed by atoms with van der Waals surface area (Å²) >= 11 is 0. The Morgan fingerprint density at radius 2 is 1.71 bits per heavy atom. The van der Waals surface area contributed by atoms with Crippen LogP contribution in [0.4, 0.5) is 0 Å². The number of methoxy groups -OCH3 is 1. The molecular weight excluding hydrogens is 466 g/mol. The molecule has 35 heavy (non-hydrogen) atoms. The standard InChI is InChI=1S/C27H27NO6S/c1-33-23-11-10-19(15-24(23)34-13-12-18-6-5-9-22(14-18)35(2)32)25(29)28-27(26(30)31)16-20-7-3-4-8-21(20)17-27/h3-11,14-15H,12-13,16-17H2,1-2H3,(H,28,29)(H,30,31). The third kappa shape index (κ3) is 5.38. The first-order chi connectivity index (χ1) is 16.8. The molecule has 7 nitrogen and oxygen atoms in total. The zero-order chi connectivity index (χ0) is 25.0. The predicted octanol–water partition coefficient (Wildman–Crippen LogP) is 3.41. The van der Waals surface area contributed by atoms with Gasteiger partial charge in [0.15, 0.2) is 11.5 Å². The Hall–Kier alpha value is -3.65. The fourth-order valence-corrected chi connectivity index (χ4v) is 4.87. The molecule has 0 aliphatic heterocycles. The number of hydrogen-bond donors (Lipinski definition) is 2. The number of carboxylic acid groups (broad SMARTS) is 1. The average Bonchev–Trinajstić information content (AvgIpc) is 3.23. The molecule has 0 spiro atoms. The lowest BCUT2D eigenvalue weighted by Crippen LogP contribution is -2.55. The van der Waals surface area contributed by atoms with E-state index >= 15 is 0 Å². The molecule has 0 aromatic heterocycles. The van der Waals surface area contributed by atoms with E-state index in [4.69, 9.17) is 9.47 Å². The highest BCUT2D eigenvalue weighted by Gasteiger charge is 2.45. The van der Waals surface area contributed by atoms with Crippen molar-refractivity contribution in [3.05, 3.63) is 89.0 Å². The van der Waals surface area contributed by atoms with Crippen LogP contribution in [0.3, 0.4) is 0 Å². The minimum absolute atomic E-state index is 0.228. The van der Waals surface area contributed by atoms with Crippen LogP contribution >= 0.6 is 0 Å². The molecule has 3 aromatic carbocycles. The smallest absolute Gasteiger partial charge is 0.330 e. The van der Waals surface area contributed by atoms with Gasteiger partial charge in [0.1, 0.15) is 5.54 Å². The average molecular weight is 494 g/mol. The summed E-state index contributed by atoms with van der Waals surface area (Å²) in [6.45, 7) is 0.315. The van der Waals surface area contributed by atoms with Gasteiger partial charge in [0.05, 0.1) is 13.7 Å². The van der Waals surface area contributed by atoms with E-state index in [-0.39, 0.29) is 18.4 Å². The van der Waals surface area contributed by atoms with Crippen LogP contribution < -0.4 is 14.8 Å². The van der Waals surface area contributed by atoms with Crippen LogP contribution in [0.15, 0.2) is 71.6 Å². The Morgan fingerprint density at radius 1 is 1.00 bits per heavy atom. The number of benzene rings is 3. The number of nitrogens with one attached hydrogen (secondary N) is 1. The Bertz CT molecular complexity index is 1260. The highest BCUT2D eigenvalue weighted by Crippen LogP contribution is 2.32. The maximum absolute atomic E-state index is 13.1. The largest absolute Gasteiger partial charge is 0.493 e. The molecule has 182 valence electrons. The third-order valence-electron chi connectivity index (χ3n) is 6.17. The molecule has 0 fully saturated rings. The molecule has 3 aromatic rings. The molecule has 0 saturated carbocycles. The van der Waals surface area contributed by atoms with Crippen molar-refractivity contribution in [2.75, 3.05) is 20.0 Å². The Morgan fingerprint density at radius 3 is 2.34 bits per heavy atom. The topological polar surface area (TPSA) is 102 Å². The van der Waals surface area contributed by atoms with E-state index in [0.29, 0.717) is 24.5 Å². The molecule has 0 bridgehead atoms. The molecule has 2 N–H and O–H groups in total. The van der Waals surface area contributed by atoms with Gasteiger partial charge >= 0.3 is 5.97 Å². The van der Waals surface area contributed by atoms with Gasteiger partial charge < -0.3 is 19.9 Å². The molecule has 1 amide bonds. The first-order valence-electron chi connectivity index (χ1n) is 11.2. The second-order valence-electron chi connectivity index (χ2n) is 8.53. The Labute approximate surface area is 206 Å². The highest BCUT2D eigenvalue weighted by atomic mass is 32.2. The van der Waals surface area contributed by atoms with Crippen molar-refractivity contribution in [3.63, 3.8) is 0 Å². The SMILES string of the molecule is COc1ccc(C(=O)NC2(C(=O)O)Cc3ccccc3C2)cc1OCCc1cccc(S(C)=O)c1. The van der Waals surface area contributed by atoms with Gasteiger partial charge in [-0.3, -0.25) is 9.00 Å². The first kappa shape index (κ1) is 24.5. The maximum atomic E-state index is 13.1. The van der Waals surface area contributed by atoms with E-state index in [1.54, 1.807) is 24.5 Å². The lowest BCUT2D eigenvalue weighted by molar-refractivity contribution is -0.144. The van der Waals surface area contributed by atoms with Gasteiger partial charge in [0, 0.05) is 46.8 Å². The van der Waals surface area contributed by atoms with Gasteiger partial charge in [-0.1, -0.05) is 36.4 Å². The van der Waals surface area contributed by atoms with Crippen molar-refractivity contribution in [3.8, 4) is 11.5 Å². The van der Waals surface area contributed by atoms with Crippen LogP contribution in [0.1, 0.15) is 27.0 Å². The summed E-state index contributed by atoms with van der Waals surface area (Å²) in [7, 11) is 0.447. The van der Waals surface area contributed by atoms with Gasteiger partial charge in [0.25, 0.3) is 5.91 Å². The van der Waals surface area contributed by atoms with Gasteiger partial charge in [-0.25, -0.2) is 4.79 Å². The molecule has 4 rings (SSSR count). The van der Waals surface area contributed by atoms with Crippen molar-refractivity contribution in [2.45, 2.75) is 29.7 Å². The molecule has 0 heterocycles. The van der Waals surface area contributed by atoms with Crippen molar-refractivity contribution < 1.29 is 28.4 Å². The summed E-state index contributed by atoms with van der Waals surface area (Å²) in [6, 6.07) is 19.8. The third-order valence-corrected chi connectivity index (χ3v) is 7.09. The zero-order valence-electron chi connectivity index (χ0n) is 19.6. The first-order valence-corrected chi connectivity index (χ1v) is 12.7. The summed E-state index contributed by atoms with van der Waals surface area (Å²) in [4.78, 5) is 26.1. The van der Waals surface area contributed by atoms with Gasteiger partial charge in [-0.15, -0.1) is 0 Å². The molecule has 0 radical (unpaired) electrons. The van der Waals surface area contributed by atoms with Crippen molar-refractivity contribution >= 4 is 22.7 Å². The summed E-state index contributed by atoms with van der Waals surface area (Å²) in [6.07, 6.45) is 2.66. The van der Waals surface area contributed by atoms with Gasteiger partial charge in [-0.2, -0.15) is 0 Å². The Kier molecular flexibility index (Phi) is 7.21. The Balaban J connectivity index is 1.48. The van der Waals surface area contributed by atoms with Crippen LogP contribution in [0.25, 0.3) is 0 Å². The van der Waals surface area contributed by atoms with E-state index in [1.165, 1.54) is 7.11 Å². The fourth-order valence-electron chi connectivity index (χ4n) is 4.29. The van der Waals surface area contributed by atoms with Crippen molar-refractivity contribution in [1.82, 2.24) is 5.32 Å². The number of ether oxygens (including phenoxy) is 2. The number of amides is 1. The van der Waals surface area contributed by atoms with E-state index < -0.39 is 28.2 Å². The second kappa shape index (κ2) is 10.3. The normalized spacial score (nSPS) is 14.6. The molecule has 1 unspecified atom stereocenters. The summed E-state index contributed by atoms with van der Waals surface area (Å²) < 4.78 is 23.0. The number of rotatable bonds is 9. The van der Waals surface area contributed by atoms with Gasteiger partial charge in [0.2, 0.25) is 0 Å². The number of fused-ring (bicyclic) bond motifs is 1. The molecule has 1 aliphatic carbocycles. The van der Waals surface area contributed by atoms with Gasteiger partial charge in [-0.05, 0) is 47.0 Å². The monoisotopic (exact) mass is 493 g/mol. The number of carboxylic acids is 1. The molecule has 1 aliphatic rings. The highest BCUT2D eigenvalue weighted by molar-refractivity contribution is 7.84. The predicted molar refractivity (Wildman–Crippen MR) is 133 cm³/mol. The second-order valence-corrected chi connectivity index (χ2v) is 9.91. The van der Waals surface area contributed by atoms with Crippen LogP contribution in [0.5, 0.6) is 11.5 Å². The van der Waals surface area contributed by atoms with Crippen LogP contribution in [-0.4, -0.2) is 46.7 Å². The molecular formula is C27H27NO6S. The number of carbonyl (C=O) groups is 2. The van der Waals surface area contributed by atoms with E-state index in [0.717, 1.165) is 21.6 Å². The van der Waals surface area contributed by atoms with Crippen LogP contribution in [-0.2, 0) is 34.9 Å².